The molecule has 0 N–H and O–H groups in total. The van der Waals surface area contributed by atoms with Crippen LogP contribution in [-0.4, -0.2) is 11.9 Å². The number of para-hydroxylation sites is 1. The van der Waals surface area contributed by atoms with Crippen molar-refractivity contribution in [3.05, 3.63) is 64.3 Å². The number of ether oxygens (including phenoxy) is 1. The van der Waals surface area contributed by atoms with Crippen molar-refractivity contribution in [3.8, 4) is 17.1 Å². The first-order valence-electron chi connectivity index (χ1n) is 8.53. The fraction of sp³-hybridized carbons (Fsp3) is 0.286. The van der Waals surface area contributed by atoms with Crippen molar-refractivity contribution in [1.29, 1.82) is 0 Å². The molecule has 130 valence electrons. The van der Waals surface area contributed by atoms with Crippen LogP contribution in [0.4, 0.5) is 0 Å². The number of hydrogen-bond donors (Lipinski definition) is 0. The molecule has 0 fully saturated rings. The van der Waals surface area contributed by atoms with Gasteiger partial charge in [0.2, 0.25) is 0 Å². The second kappa shape index (κ2) is 8.34. The lowest BCUT2D eigenvalue weighted by atomic mass is 10.1. The van der Waals surface area contributed by atoms with Gasteiger partial charge in [-0.05, 0) is 38.3 Å². The standard InChI is InChI=1S/C21H21BrO3/c1-15-19(23)17-11-8-12-18(24-14-7-3-6-13-22)21(17)25-20(15)16-9-4-2-5-10-16/h2,4-5,8-12H,3,6-7,13-14H2,1H3. The lowest BCUT2D eigenvalue weighted by molar-refractivity contribution is 0.305. The summed E-state index contributed by atoms with van der Waals surface area (Å²) in [6.07, 6.45) is 3.21. The van der Waals surface area contributed by atoms with E-state index in [0.29, 0.717) is 34.6 Å². The lowest BCUT2D eigenvalue weighted by Gasteiger charge is -2.11. The van der Waals surface area contributed by atoms with Crippen LogP contribution in [-0.2, 0) is 0 Å². The number of halogens is 1. The van der Waals surface area contributed by atoms with Crippen LogP contribution in [0.5, 0.6) is 5.75 Å². The van der Waals surface area contributed by atoms with E-state index in [1.54, 1.807) is 13.0 Å². The van der Waals surface area contributed by atoms with E-state index >= 15 is 0 Å². The fourth-order valence-corrected chi connectivity index (χ4v) is 3.21. The van der Waals surface area contributed by atoms with E-state index < -0.39 is 0 Å². The molecule has 3 aromatic rings. The quantitative estimate of drug-likeness (QED) is 0.376. The molecule has 0 amide bonds. The van der Waals surface area contributed by atoms with Crippen molar-refractivity contribution in [2.45, 2.75) is 26.2 Å². The van der Waals surface area contributed by atoms with E-state index in [-0.39, 0.29) is 5.43 Å². The average Bonchev–Trinajstić information content (AvgIpc) is 2.65. The summed E-state index contributed by atoms with van der Waals surface area (Å²) in [5.74, 6) is 1.24. The molecule has 0 atom stereocenters. The summed E-state index contributed by atoms with van der Waals surface area (Å²) in [5.41, 5.74) is 2.03. The summed E-state index contributed by atoms with van der Waals surface area (Å²) in [6.45, 7) is 2.42. The van der Waals surface area contributed by atoms with Crippen molar-refractivity contribution in [3.63, 3.8) is 0 Å². The van der Waals surface area contributed by atoms with Crippen LogP contribution < -0.4 is 10.2 Å². The van der Waals surface area contributed by atoms with Gasteiger partial charge in [0, 0.05) is 16.5 Å². The largest absolute Gasteiger partial charge is 0.490 e. The van der Waals surface area contributed by atoms with Crippen LogP contribution >= 0.6 is 15.9 Å². The predicted molar refractivity (Wildman–Crippen MR) is 106 cm³/mol. The molecule has 0 aliphatic rings. The van der Waals surface area contributed by atoms with Crippen LogP contribution in [0, 0.1) is 6.92 Å². The Morgan fingerprint density at radius 1 is 1.00 bits per heavy atom. The molecule has 0 saturated carbocycles. The van der Waals surface area contributed by atoms with Crippen molar-refractivity contribution < 1.29 is 9.15 Å². The maximum atomic E-state index is 12.8. The van der Waals surface area contributed by atoms with E-state index in [1.165, 1.54) is 0 Å². The number of hydrogen-bond acceptors (Lipinski definition) is 3. The van der Waals surface area contributed by atoms with Gasteiger partial charge in [0.05, 0.1) is 12.0 Å². The van der Waals surface area contributed by atoms with Gasteiger partial charge in [-0.3, -0.25) is 4.79 Å². The Bertz CT molecular complexity index is 900. The van der Waals surface area contributed by atoms with E-state index in [0.717, 1.165) is 30.2 Å². The molecule has 0 radical (unpaired) electrons. The molecule has 3 nitrogen and oxygen atoms in total. The van der Waals surface area contributed by atoms with Crippen molar-refractivity contribution in [2.24, 2.45) is 0 Å². The highest BCUT2D eigenvalue weighted by atomic mass is 79.9. The van der Waals surface area contributed by atoms with Gasteiger partial charge in [-0.25, -0.2) is 0 Å². The predicted octanol–water partition coefficient (Wildman–Crippen LogP) is 5.71. The molecule has 25 heavy (non-hydrogen) atoms. The minimum absolute atomic E-state index is 0.00941. The third kappa shape index (κ3) is 3.96. The summed E-state index contributed by atoms with van der Waals surface area (Å²) in [6, 6.07) is 15.2. The van der Waals surface area contributed by atoms with Crippen LogP contribution in [0.15, 0.2) is 57.7 Å². The molecule has 0 aliphatic carbocycles. The van der Waals surface area contributed by atoms with Crippen LogP contribution in [0.25, 0.3) is 22.3 Å². The minimum atomic E-state index is -0.00941. The smallest absolute Gasteiger partial charge is 0.196 e. The molecule has 0 unspecified atom stereocenters. The molecule has 0 aliphatic heterocycles. The summed E-state index contributed by atoms with van der Waals surface area (Å²) >= 11 is 3.43. The van der Waals surface area contributed by atoms with Crippen LogP contribution in [0.2, 0.25) is 0 Å². The molecule has 0 spiro atoms. The van der Waals surface area contributed by atoms with E-state index in [1.807, 2.05) is 42.5 Å². The maximum Gasteiger partial charge on any atom is 0.196 e. The SMILES string of the molecule is Cc1c(-c2ccccc2)oc2c(OCCCCCBr)cccc2c1=O. The van der Waals surface area contributed by atoms with Crippen LogP contribution in [0.3, 0.4) is 0 Å². The Hall–Kier alpha value is -2.07. The molecule has 2 aromatic carbocycles. The van der Waals surface area contributed by atoms with Gasteiger partial charge in [-0.1, -0.05) is 52.3 Å². The Morgan fingerprint density at radius 3 is 2.56 bits per heavy atom. The highest BCUT2D eigenvalue weighted by molar-refractivity contribution is 9.09. The Balaban J connectivity index is 1.99. The zero-order valence-electron chi connectivity index (χ0n) is 14.3. The normalized spacial score (nSPS) is 11.0. The summed E-state index contributed by atoms with van der Waals surface area (Å²) in [7, 11) is 0. The first kappa shape index (κ1) is 17.7. The number of alkyl halides is 1. The summed E-state index contributed by atoms with van der Waals surface area (Å²) < 4.78 is 12.0. The zero-order valence-corrected chi connectivity index (χ0v) is 15.8. The zero-order chi connectivity index (χ0) is 17.6. The Labute approximate surface area is 155 Å². The van der Waals surface area contributed by atoms with Gasteiger partial charge in [0.1, 0.15) is 5.76 Å². The first-order chi connectivity index (χ1) is 12.2. The van der Waals surface area contributed by atoms with E-state index in [2.05, 4.69) is 15.9 Å². The average molecular weight is 401 g/mol. The van der Waals surface area contributed by atoms with Gasteiger partial charge in [-0.15, -0.1) is 0 Å². The number of unbranched alkanes of at least 4 members (excludes halogenated alkanes) is 2. The second-order valence-electron chi connectivity index (χ2n) is 5.98. The Kier molecular flexibility index (Phi) is 5.92. The highest BCUT2D eigenvalue weighted by Crippen LogP contribution is 2.30. The molecule has 0 bridgehead atoms. The van der Waals surface area contributed by atoms with Crippen molar-refractivity contribution in [2.75, 3.05) is 11.9 Å². The van der Waals surface area contributed by atoms with Crippen molar-refractivity contribution in [1.82, 2.24) is 0 Å². The molecule has 3 rings (SSSR count). The molecule has 1 aromatic heterocycles. The van der Waals surface area contributed by atoms with Gasteiger partial charge in [0.25, 0.3) is 0 Å². The monoisotopic (exact) mass is 400 g/mol. The van der Waals surface area contributed by atoms with Crippen LogP contribution in [0.1, 0.15) is 24.8 Å². The first-order valence-corrected chi connectivity index (χ1v) is 9.65. The fourth-order valence-electron chi connectivity index (χ4n) is 2.82. The number of rotatable bonds is 7. The third-order valence-corrected chi connectivity index (χ3v) is 4.74. The van der Waals surface area contributed by atoms with Crippen molar-refractivity contribution >= 4 is 26.9 Å². The lowest BCUT2D eigenvalue weighted by Crippen LogP contribution is -2.08. The number of fused-ring (bicyclic) bond motifs is 1. The molecule has 1 heterocycles. The van der Waals surface area contributed by atoms with E-state index in [9.17, 15) is 4.79 Å². The summed E-state index contributed by atoms with van der Waals surface area (Å²) in [5, 5.41) is 1.57. The highest BCUT2D eigenvalue weighted by Gasteiger charge is 2.15. The number of benzene rings is 2. The van der Waals surface area contributed by atoms with E-state index in [4.69, 9.17) is 9.15 Å². The second-order valence-corrected chi connectivity index (χ2v) is 6.78. The molecular formula is C21H21BrO3. The topological polar surface area (TPSA) is 39.4 Å². The molecule has 0 saturated heterocycles. The maximum absolute atomic E-state index is 12.8. The molecular weight excluding hydrogens is 380 g/mol. The molecule has 4 heteroatoms. The Morgan fingerprint density at radius 2 is 1.80 bits per heavy atom. The minimum Gasteiger partial charge on any atom is -0.490 e. The van der Waals surface area contributed by atoms with Gasteiger partial charge >= 0.3 is 0 Å². The third-order valence-electron chi connectivity index (χ3n) is 4.18. The van der Waals surface area contributed by atoms with Gasteiger partial charge in [0.15, 0.2) is 16.8 Å². The van der Waals surface area contributed by atoms with Gasteiger partial charge < -0.3 is 9.15 Å². The summed E-state index contributed by atoms with van der Waals surface area (Å²) in [4.78, 5) is 12.8. The van der Waals surface area contributed by atoms with Gasteiger partial charge in [-0.2, -0.15) is 0 Å².